The number of likely N-dealkylation sites (N-methyl/N-ethyl adjacent to an activating group) is 1. The largest absolute Gasteiger partial charge is 0.354 e. The highest BCUT2D eigenvalue weighted by Crippen LogP contribution is 2.17. The summed E-state index contributed by atoms with van der Waals surface area (Å²) >= 11 is 0. The Kier molecular flexibility index (Phi) is 4.81. The van der Waals surface area contributed by atoms with Gasteiger partial charge in [-0.2, -0.15) is 0 Å². The Balaban J connectivity index is 1.66. The van der Waals surface area contributed by atoms with Crippen LogP contribution in [0, 0.1) is 13.8 Å². The van der Waals surface area contributed by atoms with Crippen LogP contribution in [0.25, 0.3) is 0 Å². The number of carbonyl (C=O) groups excluding carboxylic acids is 1. The minimum Gasteiger partial charge on any atom is -0.354 e. The van der Waals surface area contributed by atoms with Gasteiger partial charge >= 0.3 is 0 Å². The number of benzene rings is 1. The van der Waals surface area contributed by atoms with Crippen molar-refractivity contribution in [2.45, 2.75) is 13.8 Å². The molecule has 1 N–H and O–H groups in total. The molecule has 1 amide bonds. The van der Waals surface area contributed by atoms with Crippen LogP contribution in [0.2, 0.25) is 0 Å². The second-order valence-corrected chi connectivity index (χ2v) is 6.47. The molecular weight excluding hydrogens is 300 g/mol. The number of hydrogen-bond donors (Lipinski definition) is 1. The zero-order valence-corrected chi connectivity index (χ0v) is 14.5. The molecule has 5 heteroatoms. The number of nitrogens with zero attached hydrogens (tertiary/aromatic N) is 3. The Bertz CT molecular complexity index is 719. The topological polar surface area (TPSA) is 48.5 Å². The second-order valence-electron chi connectivity index (χ2n) is 6.47. The molecule has 1 aliphatic rings. The van der Waals surface area contributed by atoms with Gasteiger partial charge in [0.15, 0.2) is 0 Å². The lowest BCUT2D eigenvalue weighted by molar-refractivity contribution is 0.102. The van der Waals surface area contributed by atoms with E-state index < -0.39 is 0 Å². The second kappa shape index (κ2) is 7.01. The molecule has 24 heavy (non-hydrogen) atoms. The molecule has 0 radical (unpaired) electrons. The fourth-order valence-electron chi connectivity index (χ4n) is 2.95. The number of hydrogen-bond acceptors (Lipinski definition) is 4. The number of pyridine rings is 1. The summed E-state index contributed by atoms with van der Waals surface area (Å²) in [5.74, 6) is 0.870. The fourth-order valence-corrected chi connectivity index (χ4v) is 2.95. The molecule has 0 spiro atoms. The molecular formula is C19H24N4O. The summed E-state index contributed by atoms with van der Waals surface area (Å²) in [5.41, 5.74) is 3.55. The van der Waals surface area contributed by atoms with Crippen LogP contribution in [-0.2, 0) is 0 Å². The molecule has 1 saturated heterocycles. The Morgan fingerprint density at radius 1 is 1.08 bits per heavy atom. The van der Waals surface area contributed by atoms with Gasteiger partial charge in [0.2, 0.25) is 0 Å². The molecule has 2 aromatic rings. The first kappa shape index (κ1) is 16.5. The molecule has 0 atom stereocenters. The van der Waals surface area contributed by atoms with E-state index in [9.17, 15) is 4.79 Å². The molecule has 2 heterocycles. The van der Waals surface area contributed by atoms with Gasteiger partial charge < -0.3 is 15.1 Å². The summed E-state index contributed by atoms with van der Waals surface area (Å²) in [7, 11) is 2.14. The highest BCUT2D eigenvalue weighted by molar-refractivity contribution is 6.05. The van der Waals surface area contributed by atoms with E-state index in [1.54, 1.807) is 6.20 Å². The van der Waals surface area contributed by atoms with E-state index in [4.69, 9.17) is 0 Å². The standard InChI is InChI=1S/C19H24N4O/c1-14-4-6-17(15(2)12-14)19(24)21-16-5-7-18(20-13-16)23-10-8-22(3)9-11-23/h4-7,12-13H,8-11H2,1-3H3,(H,21,24). The average Bonchev–Trinajstić information content (AvgIpc) is 2.56. The van der Waals surface area contributed by atoms with Crippen LogP contribution in [0.4, 0.5) is 11.5 Å². The molecule has 5 nitrogen and oxygen atoms in total. The summed E-state index contributed by atoms with van der Waals surface area (Å²) in [6, 6.07) is 9.73. The summed E-state index contributed by atoms with van der Waals surface area (Å²) in [4.78, 5) is 21.5. The normalized spacial score (nSPS) is 15.4. The zero-order valence-electron chi connectivity index (χ0n) is 14.5. The molecule has 1 aromatic heterocycles. The Labute approximate surface area is 143 Å². The summed E-state index contributed by atoms with van der Waals surface area (Å²) in [6.45, 7) is 8.04. The lowest BCUT2D eigenvalue weighted by Crippen LogP contribution is -2.44. The Morgan fingerprint density at radius 2 is 1.83 bits per heavy atom. The number of anilines is 2. The molecule has 0 unspecified atom stereocenters. The van der Waals surface area contributed by atoms with Crippen LogP contribution >= 0.6 is 0 Å². The molecule has 3 rings (SSSR count). The first-order valence-electron chi connectivity index (χ1n) is 8.31. The maximum Gasteiger partial charge on any atom is 0.255 e. The number of aryl methyl sites for hydroxylation is 2. The van der Waals surface area contributed by atoms with E-state index in [-0.39, 0.29) is 5.91 Å². The maximum absolute atomic E-state index is 12.4. The van der Waals surface area contributed by atoms with E-state index >= 15 is 0 Å². The summed E-state index contributed by atoms with van der Waals surface area (Å²) in [5, 5.41) is 2.93. The fraction of sp³-hybridized carbons (Fsp3) is 0.368. The average molecular weight is 324 g/mol. The minimum atomic E-state index is -0.0957. The number of amides is 1. The van der Waals surface area contributed by atoms with Crippen molar-refractivity contribution in [3.05, 3.63) is 53.2 Å². The van der Waals surface area contributed by atoms with E-state index in [1.165, 1.54) is 0 Å². The van der Waals surface area contributed by atoms with E-state index in [0.29, 0.717) is 5.56 Å². The summed E-state index contributed by atoms with van der Waals surface area (Å²) in [6.07, 6.45) is 1.73. The van der Waals surface area contributed by atoms with Gasteiger partial charge in [0.05, 0.1) is 11.9 Å². The number of carbonyl (C=O) groups is 1. The van der Waals surface area contributed by atoms with Crippen LogP contribution in [0.1, 0.15) is 21.5 Å². The molecule has 0 aliphatic carbocycles. The highest BCUT2D eigenvalue weighted by Gasteiger charge is 2.15. The minimum absolute atomic E-state index is 0.0957. The van der Waals surface area contributed by atoms with Crippen LogP contribution in [0.5, 0.6) is 0 Å². The first-order chi connectivity index (χ1) is 11.5. The van der Waals surface area contributed by atoms with Crippen molar-refractivity contribution in [3.8, 4) is 0 Å². The Hall–Kier alpha value is -2.40. The quantitative estimate of drug-likeness (QED) is 0.943. The third-order valence-electron chi connectivity index (χ3n) is 4.46. The van der Waals surface area contributed by atoms with Crippen LogP contribution in [0.15, 0.2) is 36.5 Å². The van der Waals surface area contributed by atoms with Gasteiger partial charge in [0.1, 0.15) is 5.82 Å². The lowest BCUT2D eigenvalue weighted by atomic mass is 10.1. The van der Waals surface area contributed by atoms with E-state index in [0.717, 1.165) is 48.8 Å². The van der Waals surface area contributed by atoms with Crippen molar-refractivity contribution in [3.63, 3.8) is 0 Å². The zero-order chi connectivity index (χ0) is 17.1. The van der Waals surface area contributed by atoms with Crippen molar-refractivity contribution in [1.29, 1.82) is 0 Å². The van der Waals surface area contributed by atoms with Gasteiger partial charge in [-0.3, -0.25) is 4.79 Å². The number of piperazine rings is 1. The maximum atomic E-state index is 12.4. The number of nitrogens with one attached hydrogen (secondary N) is 1. The van der Waals surface area contributed by atoms with Gasteiger partial charge in [0, 0.05) is 31.7 Å². The molecule has 1 fully saturated rings. The van der Waals surface area contributed by atoms with Crippen LogP contribution < -0.4 is 10.2 Å². The van der Waals surface area contributed by atoms with Crippen LogP contribution in [-0.4, -0.2) is 49.0 Å². The van der Waals surface area contributed by atoms with Crippen molar-refractivity contribution in [1.82, 2.24) is 9.88 Å². The van der Waals surface area contributed by atoms with Crippen molar-refractivity contribution < 1.29 is 4.79 Å². The van der Waals surface area contributed by atoms with Crippen molar-refractivity contribution in [2.75, 3.05) is 43.4 Å². The Morgan fingerprint density at radius 3 is 2.46 bits per heavy atom. The van der Waals surface area contributed by atoms with Gasteiger partial charge in [-0.1, -0.05) is 17.7 Å². The SMILES string of the molecule is Cc1ccc(C(=O)Nc2ccc(N3CCN(C)CC3)nc2)c(C)c1. The van der Waals surface area contributed by atoms with E-state index in [1.807, 2.05) is 44.2 Å². The molecule has 0 saturated carbocycles. The molecule has 1 aromatic carbocycles. The third-order valence-corrected chi connectivity index (χ3v) is 4.46. The van der Waals surface area contributed by atoms with Gasteiger partial charge in [-0.05, 0) is 44.7 Å². The predicted molar refractivity (Wildman–Crippen MR) is 97.8 cm³/mol. The number of aromatic nitrogens is 1. The molecule has 1 aliphatic heterocycles. The number of rotatable bonds is 3. The van der Waals surface area contributed by atoms with Gasteiger partial charge in [-0.25, -0.2) is 4.98 Å². The highest BCUT2D eigenvalue weighted by atomic mass is 16.1. The summed E-state index contributed by atoms with van der Waals surface area (Å²) < 4.78 is 0. The van der Waals surface area contributed by atoms with Crippen molar-refractivity contribution >= 4 is 17.4 Å². The third kappa shape index (κ3) is 3.74. The predicted octanol–water partition coefficient (Wildman–Crippen LogP) is 2.70. The monoisotopic (exact) mass is 324 g/mol. The smallest absolute Gasteiger partial charge is 0.255 e. The van der Waals surface area contributed by atoms with Crippen LogP contribution in [0.3, 0.4) is 0 Å². The van der Waals surface area contributed by atoms with E-state index in [2.05, 4.69) is 27.1 Å². The van der Waals surface area contributed by atoms with Gasteiger partial charge in [-0.15, -0.1) is 0 Å². The van der Waals surface area contributed by atoms with Gasteiger partial charge in [0.25, 0.3) is 5.91 Å². The molecule has 0 bridgehead atoms. The first-order valence-corrected chi connectivity index (χ1v) is 8.31. The lowest BCUT2D eigenvalue weighted by Gasteiger charge is -2.33. The van der Waals surface area contributed by atoms with Crippen molar-refractivity contribution in [2.24, 2.45) is 0 Å². The molecule has 126 valence electrons.